The molecule has 2 fully saturated rings. The monoisotopic (exact) mass is 500 g/mol. The van der Waals surface area contributed by atoms with Gasteiger partial charge in [0, 0.05) is 31.7 Å². The average molecular weight is 501 g/mol. The van der Waals surface area contributed by atoms with Crippen LogP contribution in [-0.4, -0.2) is 39.3 Å². The zero-order chi connectivity index (χ0) is 24.7. The minimum atomic E-state index is -0.254. The van der Waals surface area contributed by atoms with Crippen LogP contribution in [0, 0.1) is 18.3 Å². The lowest BCUT2D eigenvalue weighted by Crippen LogP contribution is -2.37. The van der Waals surface area contributed by atoms with E-state index in [0.29, 0.717) is 27.9 Å². The van der Waals surface area contributed by atoms with Crippen molar-refractivity contribution in [3.8, 4) is 6.07 Å². The average Bonchev–Trinajstić information content (AvgIpc) is 3.10. The Morgan fingerprint density at radius 1 is 1.06 bits per heavy atom. The molecule has 0 spiro atoms. The molecule has 0 bridgehead atoms. The molecule has 8 heteroatoms. The molecule has 2 aliphatic heterocycles. The summed E-state index contributed by atoms with van der Waals surface area (Å²) in [5.41, 5.74) is 1.33. The molecule has 0 aromatic carbocycles. The van der Waals surface area contributed by atoms with Gasteiger partial charge in [-0.05, 0) is 51.2 Å². The standard InChI is InChI=1S/C26H36N4O2S2/c1-4-6-7-8-9-13-16-30-25(32)22(34-26(30)33)17-20-19(3)21(18-27)24(31)29(5-2)23(20)28-14-11-10-12-15-28/h17H,4-16H2,1-3H3/b22-17-. The van der Waals surface area contributed by atoms with Gasteiger partial charge in [-0.15, -0.1) is 0 Å². The van der Waals surface area contributed by atoms with E-state index in [9.17, 15) is 14.9 Å². The largest absolute Gasteiger partial charge is 0.357 e. The van der Waals surface area contributed by atoms with Crippen molar-refractivity contribution in [1.82, 2.24) is 9.47 Å². The number of thioether (sulfide) groups is 1. The van der Waals surface area contributed by atoms with E-state index in [1.54, 1.807) is 9.47 Å². The number of pyridine rings is 1. The first kappa shape index (κ1) is 26.5. The molecule has 1 aromatic rings. The number of thiocarbonyl (C=S) groups is 1. The van der Waals surface area contributed by atoms with E-state index in [0.717, 1.165) is 50.2 Å². The summed E-state index contributed by atoms with van der Waals surface area (Å²) in [5.74, 6) is 0.755. The van der Waals surface area contributed by atoms with E-state index in [1.807, 2.05) is 19.9 Å². The first-order chi connectivity index (χ1) is 16.4. The summed E-state index contributed by atoms with van der Waals surface area (Å²) in [6, 6.07) is 2.10. The minimum Gasteiger partial charge on any atom is -0.357 e. The maximum Gasteiger partial charge on any atom is 0.270 e. The van der Waals surface area contributed by atoms with Crippen LogP contribution in [0.1, 0.15) is 88.3 Å². The van der Waals surface area contributed by atoms with Crippen LogP contribution in [0.3, 0.4) is 0 Å². The van der Waals surface area contributed by atoms with E-state index >= 15 is 0 Å². The van der Waals surface area contributed by atoms with Crippen molar-refractivity contribution >= 4 is 46.1 Å². The van der Waals surface area contributed by atoms with Gasteiger partial charge in [-0.1, -0.05) is 63.0 Å². The number of amides is 1. The van der Waals surface area contributed by atoms with Crippen molar-refractivity contribution in [3.63, 3.8) is 0 Å². The van der Waals surface area contributed by atoms with Crippen LogP contribution in [0.5, 0.6) is 0 Å². The second-order valence-corrected chi connectivity index (χ2v) is 10.7. The summed E-state index contributed by atoms with van der Waals surface area (Å²) in [7, 11) is 0. The predicted molar refractivity (Wildman–Crippen MR) is 145 cm³/mol. The first-order valence-corrected chi connectivity index (χ1v) is 13.8. The third-order valence-electron chi connectivity index (χ3n) is 6.70. The molecule has 2 saturated heterocycles. The number of piperidine rings is 1. The van der Waals surface area contributed by atoms with Crippen LogP contribution < -0.4 is 10.5 Å². The zero-order valence-electron chi connectivity index (χ0n) is 20.7. The first-order valence-electron chi connectivity index (χ1n) is 12.6. The second kappa shape index (κ2) is 12.6. The Kier molecular flexibility index (Phi) is 9.78. The molecule has 1 aromatic heterocycles. The van der Waals surface area contributed by atoms with Gasteiger partial charge in [-0.3, -0.25) is 19.1 Å². The fraction of sp³-hybridized carbons (Fsp3) is 0.615. The number of nitriles is 1. The maximum atomic E-state index is 13.3. The second-order valence-electron chi connectivity index (χ2n) is 9.05. The maximum absolute atomic E-state index is 13.3. The van der Waals surface area contributed by atoms with Crippen molar-refractivity contribution in [2.75, 3.05) is 24.5 Å². The number of hydrogen-bond acceptors (Lipinski definition) is 6. The molecule has 6 nitrogen and oxygen atoms in total. The van der Waals surface area contributed by atoms with E-state index in [-0.39, 0.29) is 17.0 Å². The van der Waals surface area contributed by atoms with Gasteiger partial charge < -0.3 is 4.90 Å². The highest BCUT2D eigenvalue weighted by atomic mass is 32.2. The molecule has 0 unspecified atom stereocenters. The van der Waals surface area contributed by atoms with Gasteiger partial charge in [-0.2, -0.15) is 5.26 Å². The molecular weight excluding hydrogens is 464 g/mol. The molecule has 0 N–H and O–H groups in total. The van der Waals surface area contributed by atoms with Gasteiger partial charge >= 0.3 is 0 Å². The topological polar surface area (TPSA) is 69.3 Å². The molecule has 0 radical (unpaired) electrons. The summed E-state index contributed by atoms with van der Waals surface area (Å²) in [6.07, 6.45) is 12.1. The molecule has 1 amide bonds. The van der Waals surface area contributed by atoms with Gasteiger partial charge in [0.2, 0.25) is 0 Å². The SMILES string of the molecule is CCCCCCCCN1C(=O)/C(=C/c2c(C)c(C#N)c(=O)n(CC)c2N2CCCCC2)SC1=S. The number of carbonyl (C=O) groups excluding carboxylic acids is 1. The zero-order valence-corrected chi connectivity index (χ0v) is 22.3. The molecule has 34 heavy (non-hydrogen) atoms. The smallest absolute Gasteiger partial charge is 0.270 e. The Hall–Kier alpha value is -2.11. The number of nitrogens with zero attached hydrogens (tertiary/aromatic N) is 4. The van der Waals surface area contributed by atoms with Crippen molar-refractivity contribution < 1.29 is 4.79 Å². The summed E-state index contributed by atoms with van der Waals surface area (Å²) in [4.78, 5) is 30.9. The highest BCUT2D eigenvalue weighted by Crippen LogP contribution is 2.36. The number of hydrogen-bond donors (Lipinski definition) is 0. The molecule has 0 atom stereocenters. The van der Waals surface area contributed by atoms with Crippen molar-refractivity contribution in [2.24, 2.45) is 0 Å². The number of rotatable bonds is 10. The molecule has 184 valence electrons. The van der Waals surface area contributed by atoms with E-state index in [2.05, 4.69) is 17.9 Å². The van der Waals surface area contributed by atoms with Gasteiger partial charge in [-0.25, -0.2) is 0 Å². The third kappa shape index (κ3) is 5.75. The van der Waals surface area contributed by atoms with E-state index in [4.69, 9.17) is 12.2 Å². The quantitative estimate of drug-likeness (QED) is 0.237. The molecule has 0 saturated carbocycles. The summed E-state index contributed by atoms with van der Waals surface area (Å²) in [5, 5.41) is 9.72. The molecule has 0 aliphatic carbocycles. The van der Waals surface area contributed by atoms with Gasteiger partial charge in [0.1, 0.15) is 21.8 Å². The minimum absolute atomic E-state index is 0.0692. The Labute approximate surface area is 213 Å². The lowest BCUT2D eigenvalue weighted by atomic mass is 10.0. The summed E-state index contributed by atoms with van der Waals surface area (Å²) < 4.78 is 2.28. The van der Waals surface area contributed by atoms with Crippen LogP contribution >= 0.6 is 24.0 Å². The van der Waals surface area contributed by atoms with Gasteiger partial charge in [0.05, 0.1) is 4.91 Å². The number of aromatic nitrogens is 1. The Morgan fingerprint density at radius 2 is 1.74 bits per heavy atom. The van der Waals surface area contributed by atoms with Crippen LogP contribution in [0.25, 0.3) is 6.08 Å². The van der Waals surface area contributed by atoms with Crippen LogP contribution in [0.4, 0.5) is 5.82 Å². The number of unbranched alkanes of at least 4 members (excludes halogenated alkanes) is 5. The van der Waals surface area contributed by atoms with Crippen molar-refractivity contribution in [3.05, 3.63) is 31.9 Å². The van der Waals surface area contributed by atoms with Crippen molar-refractivity contribution in [2.45, 2.75) is 85.1 Å². The third-order valence-corrected chi connectivity index (χ3v) is 8.08. The lowest BCUT2D eigenvalue weighted by molar-refractivity contribution is -0.122. The van der Waals surface area contributed by atoms with Gasteiger partial charge in [0.15, 0.2) is 0 Å². The normalized spacial score (nSPS) is 17.6. The summed E-state index contributed by atoms with van der Waals surface area (Å²) in [6.45, 7) is 8.79. The molecule has 2 aliphatic rings. The van der Waals surface area contributed by atoms with Crippen LogP contribution in [-0.2, 0) is 11.3 Å². The Bertz CT molecular complexity index is 1050. The van der Waals surface area contributed by atoms with E-state index in [1.165, 1.54) is 43.9 Å². The highest BCUT2D eigenvalue weighted by molar-refractivity contribution is 8.26. The highest BCUT2D eigenvalue weighted by Gasteiger charge is 2.33. The summed E-state index contributed by atoms with van der Waals surface area (Å²) >= 11 is 6.87. The number of anilines is 1. The van der Waals surface area contributed by atoms with Crippen molar-refractivity contribution in [1.29, 1.82) is 5.26 Å². The van der Waals surface area contributed by atoms with Gasteiger partial charge in [0.25, 0.3) is 11.5 Å². The Morgan fingerprint density at radius 3 is 2.38 bits per heavy atom. The molecular formula is C26H36N4O2S2. The Balaban J connectivity index is 1.93. The fourth-order valence-corrected chi connectivity index (χ4v) is 6.05. The van der Waals surface area contributed by atoms with Crippen LogP contribution in [0.2, 0.25) is 0 Å². The van der Waals surface area contributed by atoms with Crippen LogP contribution in [0.15, 0.2) is 9.70 Å². The lowest BCUT2D eigenvalue weighted by Gasteiger charge is -2.33. The predicted octanol–water partition coefficient (Wildman–Crippen LogP) is 5.60. The van der Waals surface area contributed by atoms with E-state index < -0.39 is 0 Å². The fourth-order valence-electron chi connectivity index (χ4n) is 4.76. The molecule has 3 rings (SSSR count). The number of carbonyl (C=O) groups is 1. The molecule has 3 heterocycles.